The first kappa shape index (κ1) is 12.7. The van der Waals surface area contributed by atoms with Gasteiger partial charge in [-0.15, -0.1) is 0 Å². The summed E-state index contributed by atoms with van der Waals surface area (Å²) in [5.41, 5.74) is 7.12. The molecule has 2 atom stereocenters. The SMILES string of the molecule is Nc1ccc2oc(C(=O)NC3CCN4CCCC34)cc2c1. The Morgan fingerprint density at radius 1 is 1.29 bits per heavy atom. The summed E-state index contributed by atoms with van der Waals surface area (Å²) in [5, 5.41) is 4.01. The van der Waals surface area contributed by atoms with Crippen molar-refractivity contribution < 1.29 is 9.21 Å². The van der Waals surface area contributed by atoms with Crippen LogP contribution in [0.15, 0.2) is 28.7 Å². The van der Waals surface area contributed by atoms with Gasteiger partial charge in [-0.2, -0.15) is 0 Å². The van der Waals surface area contributed by atoms with Crippen LogP contribution in [0.3, 0.4) is 0 Å². The van der Waals surface area contributed by atoms with Crippen molar-refractivity contribution in [2.75, 3.05) is 18.8 Å². The standard InChI is InChI=1S/C16H19N3O2/c17-11-3-4-14-10(8-11)9-15(21-14)16(20)18-12-5-7-19-6-1-2-13(12)19/h3-4,8-9,12-13H,1-2,5-7,17H2,(H,18,20). The van der Waals surface area contributed by atoms with Gasteiger partial charge in [-0.3, -0.25) is 9.69 Å². The molecule has 1 aromatic carbocycles. The van der Waals surface area contributed by atoms with Crippen molar-refractivity contribution in [2.24, 2.45) is 0 Å². The van der Waals surface area contributed by atoms with E-state index in [9.17, 15) is 4.79 Å². The predicted molar refractivity (Wildman–Crippen MR) is 81.1 cm³/mol. The molecule has 21 heavy (non-hydrogen) atoms. The topological polar surface area (TPSA) is 71.5 Å². The lowest BCUT2D eigenvalue weighted by molar-refractivity contribution is 0.0903. The third kappa shape index (κ3) is 2.17. The number of furan rings is 1. The van der Waals surface area contributed by atoms with Gasteiger partial charge in [0.1, 0.15) is 5.58 Å². The molecular formula is C16H19N3O2. The van der Waals surface area contributed by atoms with E-state index in [4.69, 9.17) is 10.2 Å². The molecule has 1 aromatic heterocycles. The fourth-order valence-corrected chi connectivity index (χ4v) is 3.66. The molecule has 0 aliphatic carbocycles. The molecule has 0 radical (unpaired) electrons. The van der Waals surface area contributed by atoms with Crippen LogP contribution < -0.4 is 11.1 Å². The second-order valence-corrected chi connectivity index (χ2v) is 6.02. The number of nitrogens with one attached hydrogen (secondary N) is 1. The smallest absolute Gasteiger partial charge is 0.287 e. The molecule has 2 saturated heterocycles. The molecule has 2 aromatic rings. The number of benzene rings is 1. The van der Waals surface area contributed by atoms with E-state index in [0.29, 0.717) is 23.1 Å². The number of rotatable bonds is 2. The van der Waals surface area contributed by atoms with Crippen molar-refractivity contribution in [3.05, 3.63) is 30.0 Å². The maximum absolute atomic E-state index is 12.4. The van der Waals surface area contributed by atoms with E-state index in [1.165, 1.54) is 19.4 Å². The van der Waals surface area contributed by atoms with Gasteiger partial charge in [-0.25, -0.2) is 0 Å². The van der Waals surface area contributed by atoms with Crippen LogP contribution in [0.1, 0.15) is 29.8 Å². The summed E-state index contributed by atoms with van der Waals surface area (Å²) in [6, 6.07) is 7.93. The first-order valence-corrected chi connectivity index (χ1v) is 7.55. The lowest BCUT2D eigenvalue weighted by atomic mass is 10.1. The molecular weight excluding hydrogens is 266 g/mol. The molecule has 2 aliphatic heterocycles. The van der Waals surface area contributed by atoms with Crippen LogP contribution in [-0.2, 0) is 0 Å². The maximum atomic E-state index is 12.4. The fourth-order valence-electron chi connectivity index (χ4n) is 3.66. The molecule has 110 valence electrons. The Hall–Kier alpha value is -2.01. The number of anilines is 1. The first-order chi connectivity index (χ1) is 10.2. The van der Waals surface area contributed by atoms with Gasteiger partial charge >= 0.3 is 0 Å². The number of hydrogen-bond donors (Lipinski definition) is 2. The molecule has 3 N–H and O–H groups in total. The van der Waals surface area contributed by atoms with Gasteiger partial charge in [0.05, 0.1) is 0 Å². The molecule has 0 bridgehead atoms. The van der Waals surface area contributed by atoms with Crippen LogP contribution >= 0.6 is 0 Å². The second kappa shape index (κ2) is 4.77. The number of carbonyl (C=O) groups is 1. The zero-order valence-corrected chi connectivity index (χ0v) is 11.8. The summed E-state index contributed by atoms with van der Waals surface area (Å²) >= 11 is 0. The first-order valence-electron chi connectivity index (χ1n) is 7.55. The molecule has 3 heterocycles. The van der Waals surface area contributed by atoms with Crippen molar-refractivity contribution in [2.45, 2.75) is 31.3 Å². The Labute approximate surface area is 123 Å². The minimum Gasteiger partial charge on any atom is -0.451 e. The molecule has 0 spiro atoms. The van der Waals surface area contributed by atoms with Crippen molar-refractivity contribution >= 4 is 22.6 Å². The number of nitrogens with zero attached hydrogens (tertiary/aromatic N) is 1. The Morgan fingerprint density at radius 2 is 2.19 bits per heavy atom. The highest BCUT2D eigenvalue weighted by molar-refractivity contribution is 5.96. The average molecular weight is 285 g/mol. The number of nitrogen functional groups attached to an aromatic ring is 1. The Bertz CT molecular complexity index is 694. The average Bonchev–Trinajstić information content (AvgIpc) is 3.14. The van der Waals surface area contributed by atoms with E-state index < -0.39 is 0 Å². The van der Waals surface area contributed by atoms with Gasteiger partial charge in [-0.05, 0) is 50.1 Å². The molecule has 2 aliphatic rings. The highest BCUT2D eigenvalue weighted by Crippen LogP contribution is 2.28. The summed E-state index contributed by atoms with van der Waals surface area (Å²) in [6.07, 6.45) is 3.45. The van der Waals surface area contributed by atoms with Crippen LogP contribution in [0.25, 0.3) is 11.0 Å². The van der Waals surface area contributed by atoms with Gasteiger partial charge < -0.3 is 15.5 Å². The van der Waals surface area contributed by atoms with E-state index >= 15 is 0 Å². The van der Waals surface area contributed by atoms with Gasteiger partial charge in [-0.1, -0.05) is 0 Å². The number of nitrogens with two attached hydrogens (primary N) is 1. The predicted octanol–water partition coefficient (Wildman–Crippen LogP) is 1.98. The van der Waals surface area contributed by atoms with Crippen LogP contribution in [-0.4, -0.2) is 36.0 Å². The highest BCUT2D eigenvalue weighted by Gasteiger charge is 2.38. The molecule has 1 amide bonds. The third-order valence-corrected chi connectivity index (χ3v) is 4.69. The highest BCUT2D eigenvalue weighted by atomic mass is 16.3. The zero-order chi connectivity index (χ0) is 14.4. The molecule has 2 fully saturated rings. The van der Waals surface area contributed by atoms with E-state index in [2.05, 4.69) is 10.2 Å². The third-order valence-electron chi connectivity index (χ3n) is 4.69. The number of hydrogen-bond acceptors (Lipinski definition) is 4. The number of fused-ring (bicyclic) bond motifs is 2. The summed E-state index contributed by atoms with van der Waals surface area (Å²) in [5.74, 6) is 0.246. The molecule has 4 rings (SSSR count). The molecule has 5 heteroatoms. The van der Waals surface area contributed by atoms with Crippen molar-refractivity contribution in [1.82, 2.24) is 10.2 Å². The van der Waals surface area contributed by atoms with E-state index in [-0.39, 0.29) is 11.9 Å². The fraction of sp³-hybridized carbons (Fsp3) is 0.438. The maximum Gasteiger partial charge on any atom is 0.287 e. The van der Waals surface area contributed by atoms with Gasteiger partial charge in [0.25, 0.3) is 5.91 Å². The lowest BCUT2D eigenvalue weighted by Crippen LogP contribution is -2.42. The van der Waals surface area contributed by atoms with Gasteiger partial charge in [0.15, 0.2) is 5.76 Å². The van der Waals surface area contributed by atoms with E-state index in [1.807, 2.05) is 6.07 Å². The minimum atomic E-state index is -0.122. The summed E-state index contributed by atoms with van der Waals surface area (Å²) in [7, 11) is 0. The summed E-state index contributed by atoms with van der Waals surface area (Å²) in [4.78, 5) is 14.9. The Balaban J connectivity index is 1.53. The van der Waals surface area contributed by atoms with Gasteiger partial charge in [0, 0.05) is 29.7 Å². The second-order valence-electron chi connectivity index (χ2n) is 6.02. The zero-order valence-electron chi connectivity index (χ0n) is 11.8. The monoisotopic (exact) mass is 285 g/mol. The van der Waals surface area contributed by atoms with E-state index in [0.717, 1.165) is 18.4 Å². The summed E-state index contributed by atoms with van der Waals surface area (Å²) in [6.45, 7) is 2.26. The Kier molecular flexibility index (Phi) is 2.89. The Morgan fingerprint density at radius 3 is 3.10 bits per heavy atom. The van der Waals surface area contributed by atoms with Crippen LogP contribution in [0, 0.1) is 0 Å². The quantitative estimate of drug-likeness (QED) is 0.828. The van der Waals surface area contributed by atoms with Crippen molar-refractivity contribution in [1.29, 1.82) is 0 Å². The molecule has 0 saturated carbocycles. The van der Waals surface area contributed by atoms with E-state index in [1.54, 1.807) is 18.2 Å². The molecule has 2 unspecified atom stereocenters. The van der Waals surface area contributed by atoms with Crippen LogP contribution in [0.2, 0.25) is 0 Å². The number of amides is 1. The molecule has 5 nitrogen and oxygen atoms in total. The van der Waals surface area contributed by atoms with Crippen LogP contribution in [0.5, 0.6) is 0 Å². The minimum absolute atomic E-state index is 0.122. The summed E-state index contributed by atoms with van der Waals surface area (Å²) < 4.78 is 5.63. The van der Waals surface area contributed by atoms with Crippen molar-refractivity contribution in [3.63, 3.8) is 0 Å². The lowest BCUT2D eigenvalue weighted by Gasteiger charge is -2.20. The number of carbonyl (C=O) groups excluding carboxylic acids is 1. The van der Waals surface area contributed by atoms with Gasteiger partial charge in [0.2, 0.25) is 0 Å². The van der Waals surface area contributed by atoms with Crippen molar-refractivity contribution in [3.8, 4) is 0 Å². The normalized spacial score (nSPS) is 25.3. The largest absolute Gasteiger partial charge is 0.451 e. The van der Waals surface area contributed by atoms with Crippen LogP contribution in [0.4, 0.5) is 5.69 Å².